The lowest BCUT2D eigenvalue weighted by atomic mass is 10.2. The molecule has 0 bridgehead atoms. The van der Waals surface area contributed by atoms with Crippen LogP contribution in [0.2, 0.25) is 5.02 Å². The highest BCUT2D eigenvalue weighted by Crippen LogP contribution is 2.26. The summed E-state index contributed by atoms with van der Waals surface area (Å²) < 4.78 is 0. The van der Waals surface area contributed by atoms with Gasteiger partial charge in [-0.15, -0.1) is 0 Å². The number of nitriles is 1. The number of hydrogen-bond acceptors (Lipinski definition) is 2. The Kier molecular flexibility index (Phi) is 2.81. The summed E-state index contributed by atoms with van der Waals surface area (Å²) in [4.78, 5) is 0.797. The molecule has 0 unspecified atom stereocenters. The molecular formula is C8H5ClNS. The van der Waals surface area contributed by atoms with Gasteiger partial charge in [-0.25, -0.2) is 0 Å². The van der Waals surface area contributed by atoms with E-state index in [2.05, 4.69) is 6.07 Å². The van der Waals surface area contributed by atoms with E-state index in [4.69, 9.17) is 16.9 Å². The zero-order valence-electron chi connectivity index (χ0n) is 5.89. The van der Waals surface area contributed by atoms with Crippen LogP contribution in [-0.2, 0) is 0 Å². The molecule has 0 aliphatic rings. The maximum atomic E-state index is 8.38. The predicted molar refractivity (Wildman–Crippen MR) is 46.5 cm³/mol. The fourth-order valence-corrected chi connectivity index (χ4v) is 1.40. The minimum absolute atomic E-state index is 0.585. The summed E-state index contributed by atoms with van der Waals surface area (Å²) in [5, 5.41) is 10.9. The van der Waals surface area contributed by atoms with Gasteiger partial charge in [0.05, 0.1) is 5.02 Å². The van der Waals surface area contributed by atoms with E-state index < -0.39 is 0 Å². The third kappa shape index (κ3) is 2.14. The van der Waals surface area contributed by atoms with E-state index in [1.54, 1.807) is 6.07 Å². The average Bonchev–Trinajstić information content (AvgIpc) is 1.98. The normalized spacial score (nSPS) is 9.18. The van der Waals surface area contributed by atoms with Crippen molar-refractivity contribution in [3.8, 4) is 5.40 Å². The van der Waals surface area contributed by atoms with Crippen molar-refractivity contribution in [2.75, 3.05) is 0 Å². The first kappa shape index (κ1) is 8.45. The second kappa shape index (κ2) is 3.66. The zero-order valence-corrected chi connectivity index (χ0v) is 7.46. The molecule has 0 aromatic heterocycles. The van der Waals surface area contributed by atoms with Gasteiger partial charge < -0.3 is 0 Å². The molecule has 0 amide bonds. The molecule has 1 aromatic rings. The van der Waals surface area contributed by atoms with E-state index >= 15 is 0 Å². The van der Waals surface area contributed by atoms with E-state index in [0.29, 0.717) is 5.02 Å². The highest BCUT2D eigenvalue weighted by atomic mass is 35.5. The molecule has 0 heterocycles. The molecule has 1 aromatic carbocycles. The topological polar surface area (TPSA) is 23.8 Å². The van der Waals surface area contributed by atoms with Crippen LogP contribution in [-0.4, -0.2) is 0 Å². The summed E-state index contributed by atoms with van der Waals surface area (Å²) >= 11 is 6.84. The van der Waals surface area contributed by atoms with Crippen molar-refractivity contribution in [1.82, 2.24) is 0 Å². The molecular weight excluding hydrogens is 178 g/mol. The minimum Gasteiger partial charge on any atom is -0.185 e. The fraction of sp³-hybridized carbons (Fsp3) is 0.125. The number of hydrogen-bond donors (Lipinski definition) is 0. The summed E-state index contributed by atoms with van der Waals surface area (Å²) in [7, 11) is 0. The van der Waals surface area contributed by atoms with Gasteiger partial charge in [-0.3, -0.25) is 0 Å². The first-order chi connectivity index (χ1) is 5.24. The molecule has 0 aliphatic carbocycles. The van der Waals surface area contributed by atoms with Crippen LogP contribution >= 0.6 is 23.4 Å². The Labute approximate surface area is 75.0 Å². The van der Waals surface area contributed by atoms with E-state index in [9.17, 15) is 0 Å². The van der Waals surface area contributed by atoms with Crippen molar-refractivity contribution >= 4 is 23.4 Å². The molecule has 1 radical (unpaired) electrons. The Morgan fingerprint density at radius 2 is 2.45 bits per heavy atom. The van der Waals surface area contributed by atoms with Gasteiger partial charge in [-0.2, -0.15) is 5.26 Å². The summed E-state index contributed by atoms with van der Waals surface area (Å²) in [5.74, 6) is 0. The molecule has 0 saturated carbocycles. The molecule has 1 rings (SSSR count). The van der Waals surface area contributed by atoms with Crippen molar-refractivity contribution in [1.29, 1.82) is 5.26 Å². The Bertz CT molecular complexity index is 303. The number of thioether (sulfide) groups is 1. The van der Waals surface area contributed by atoms with Crippen LogP contribution in [0, 0.1) is 23.7 Å². The fourth-order valence-electron chi connectivity index (χ4n) is 0.683. The number of benzene rings is 1. The molecule has 0 spiro atoms. The Hall–Kier alpha value is -0.650. The molecule has 0 aliphatic heterocycles. The van der Waals surface area contributed by atoms with Gasteiger partial charge in [-0.05, 0) is 42.4 Å². The van der Waals surface area contributed by atoms with Crippen molar-refractivity contribution in [2.24, 2.45) is 0 Å². The molecule has 55 valence electrons. The first-order valence-electron chi connectivity index (χ1n) is 2.98. The van der Waals surface area contributed by atoms with Gasteiger partial charge in [0.1, 0.15) is 5.40 Å². The van der Waals surface area contributed by atoms with Crippen molar-refractivity contribution in [3.63, 3.8) is 0 Å². The van der Waals surface area contributed by atoms with Gasteiger partial charge in [0, 0.05) is 4.90 Å². The standard InChI is InChI=1S/C8H5ClNS/c1-6-2-3-7(9)8(4-6)11-5-10/h3-4H,1H3. The average molecular weight is 183 g/mol. The number of rotatable bonds is 1. The highest BCUT2D eigenvalue weighted by molar-refractivity contribution is 8.03. The van der Waals surface area contributed by atoms with E-state index in [1.165, 1.54) is 0 Å². The highest BCUT2D eigenvalue weighted by Gasteiger charge is 1.99. The summed E-state index contributed by atoms with van der Waals surface area (Å²) in [6.07, 6.45) is 0. The smallest absolute Gasteiger partial charge is 0.138 e. The van der Waals surface area contributed by atoms with Crippen LogP contribution in [0.5, 0.6) is 0 Å². The molecule has 11 heavy (non-hydrogen) atoms. The van der Waals surface area contributed by atoms with Gasteiger partial charge >= 0.3 is 0 Å². The van der Waals surface area contributed by atoms with E-state index in [1.807, 2.05) is 18.4 Å². The number of aryl methyl sites for hydroxylation is 1. The molecule has 0 atom stereocenters. The second-order valence-electron chi connectivity index (χ2n) is 2.02. The molecule has 1 nitrogen and oxygen atoms in total. The van der Waals surface area contributed by atoms with Crippen molar-refractivity contribution < 1.29 is 0 Å². The quantitative estimate of drug-likeness (QED) is 0.493. The molecule has 0 saturated heterocycles. The number of nitrogens with zero attached hydrogens (tertiary/aromatic N) is 1. The third-order valence-corrected chi connectivity index (χ3v) is 2.24. The maximum absolute atomic E-state index is 8.38. The Morgan fingerprint density at radius 1 is 1.73 bits per heavy atom. The van der Waals surface area contributed by atoms with Crippen LogP contribution in [0.3, 0.4) is 0 Å². The monoisotopic (exact) mass is 182 g/mol. The first-order valence-corrected chi connectivity index (χ1v) is 4.17. The molecule has 0 N–H and O–H groups in total. The van der Waals surface area contributed by atoms with E-state index in [-0.39, 0.29) is 0 Å². The van der Waals surface area contributed by atoms with Crippen LogP contribution in [0.4, 0.5) is 0 Å². The third-order valence-electron chi connectivity index (χ3n) is 1.17. The lowest BCUT2D eigenvalue weighted by molar-refractivity contribution is 1.36. The lowest BCUT2D eigenvalue weighted by Crippen LogP contribution is -1.75. The van der Waals surface area contributed by atoms with Crippen LogP contribution in [0.1, 0.15) is 5.56 Å². The number of thiocyanates is 1. The maximum Gasteiger partial charge on any atom is 0.138 e. The van der Waals surface area contributed by atoms with Crippen LogP contribution in [0.15, 0.2) is 17.0 Å². The second-order valence-corrected chi connectivity index (χ2v) is 3.26. The van der Waals surface area contributed by atoms with Gasteiger partial charge in [0.25, 0.3) is 0 Å². The van der Waals surface area contributed by atoms with Gasteiger partial charge in [0.2, 0.25) is 0 Å². The van der Waals surface area contributed by atoms with E-state index in [0.717, 1.165) is 22.2 Å². The number of halogens is 1. The minimum atomic E-state index is 0.585. The van der Waals surface area contributed by atoms with Gasteiger partial charge in [-0.1, -0.05) is 11.6 Å². The van der Waals surface area contributed by atoms with Crippen LogP contribution in [0.25, 0.3) is 0 Å². The van der Waals surface area contributed by atoms with Crippen molar-refractivity contribution in [2.45, 2.75) is 11.8 Å². The summed E-state index contributed by atoms with van der Waals surface area (Å²) in [6.45, 7) is 1.91. The zero-order chi connectivity index (χ0) is 8.27. The molecule has 3 heteroatoms. The summed E-state index contributed by atoms with van der Waals surface area (Å²) in [6, 6.07) is 6.46. The van der Waals surface area contributed by atoms with Crippen molar-refractivity contribution in [3.05, 3.63) is 28.8 Å². The summed E-state index contributed by atoms with van der Waals surface area (Å²) in [5.41, 5.74) is 0.993. The van der Waals surface area contributed by atoms with Gasteiger partial charge in [0.15, 0.2) is 0 Å². The lowest BCUT2D eigenvalue weighted by Gasteiger charge is -1.97. The predicted octanol–water partition coefficient (Wildman–Crippen LogP) is 3.02. The SMILES string of the molecule is Cc1[c]cc(Cl)c(SC#N)c1. The largest absolute Gasteiger partial charge is 0.185 e. The Morgan fingerprint density at radius 3 is 3.09 bits per heavy atom. The molecule has 0 fully saturated rings. The van der Waals surface area contributed by atoms with Crippen LogP contribution < -0.4 is 0 Å². The Balaban J connectivity index is 3.05.